The van der Waals surface area contributed by atoms with Crippen molar-refractivity contribution in [3.8, 4) is 0 Å². The Morgan fingerprint density at radius 1 is 1.75 bits per heavy atom. The molecule has 0 fully saturated rings. The molecule has 0 rings (SSSR count). The summed E-state index contributed by atoms with van der Waals surface area (Å²) in [5.74, 6) is 0. The number of hydrogen-bond donors (Lipinski definition) is 2. The van der Waals surface area contributed by atoms with Crippen LogP contribution in [-0.2, 0) is 0 Å². The molecule has 0 radical (unpaired) electrons. The van der Waals surface area contributed by atoms with E-state index in [2.05, 4.69) is 12.6 Å². The van der Waals surface area contributed by atoms with Gasteiger partial charge in [0.2, 0.25) is 0 Å². The van der Waals surface area contributed by atoms with Gasteiger partial charge in [-0.15, -0.1) is 12.6 Å². The molecule has 0 amide bonds. The Bertz CT molecular complexity index is 21.2. The van der Waals surface area contributed by atoms with Crippen LogP contribution < -0.4 is 0 Å². The summed E-state index contributed by atoms with van der Waals surface area (Å²) in [6.45, 7) is 0. The van der Waals surface area contributed by atoms with Crippen molar-refractivity contribution in [2.45, 2.75) is 0 Å². The van der Waals surface area contributed by atoms with Crippen LogP contribution in [-0.4, -0.2) is 5.11 Å². The van der Waals surface area contributed by atoms with Gasteiger partial charge < -0.3 is 5.11 Å². The van der Waals surface area contributed by atoms with Gasteiger partial charge >= 0.3 is 0 Å². The van der Waals surface area contributed by atoms with E-state index in [1.165, 1.54) is 5.41 Å². The van der Waals surface area contributed by atoms with Gasteiger partial charge in [0.25, 0.3) is 0 Å². The minimum absolute atomic E-state index is 0.864. The second-order valence-electron chi connectivity index (χ2n) is 0.298. The van der Waals surface area contributed by atoms with Crippen LogP contribution >= 0.6 is 12.6 Å². The Balaban J connectivity index is 2.55. The van der Waals surface area contributed by atoms with Crippen molar-refractivity contribution < 1.29 is 5.11 Å². The summed E-state index contributed by atoms with van der Waals surface area (Å²) in [4.78, 5) is 0. The second kappa shape index (κ2) is 2.89. The third kappa shape index (κ3) is 1.89. The van der Waals surface area contributed by atoms with Gasteiger partial charge in [-0.1, -0.05) is 0 Å². The third-order valence-corrected chi connectivity index (χ3v) is 0.200. The molecule has 0 aromatic heterocycles. The quantitative estimate of drug-likeness (QED) is 0.325. The fourth-order valence-electron chi connectivity index (χ4n) is 0. The molecule has 0 heterocycles. The first-order valence-electron chi connectivity index (χ1n) is 0.850. The largest absolute Gasteiger partial charge is 0.515 e. The zero-order chi connectivity index (χ0) is 3.41. The third-order valence-electron chi connectivity index (χ3n) is 0.0667. The zero-order valence-electron chi connectivity index (χ0n) is 2.05. The van der Waals surface area contributed by atoms with Crippen LogP contribution in [0.1, 0.15) is 0 Å². The summed E-state index contributed by atoms with van der Waals surface area (Å²) >= 11 is 3.49. The van der Waals surface area contributed by atoms with Gasteiger partial charge in [0.05, 0.1) is 6.26 Å². The molecule has 0 bridgehead atoms. The van der Waals surface area contributed by atoms with Gasteiger partial charge in [0.1, 0.15) is 0 Å². The second-order valence-corrected chi connectivity index (χ2v) is 0.596. The number of aliphatic hydroxyl groups excluding tert-OH is 1. The number of aliphatic hydroxyl groups is 1. The van der Waals surface area contributed by atoms with E-state index in [0.29, 0.717) is 0 Å². The van der Waals surface area contributed by atoms with Crippen LogP contribution in [0.15, 0.2) is 11.7 Å². The van der Waals surface area contributed by atoms with E-state index in [1.807, 2.05) is 0 Å². The molecule has 0 atom stereocenters. The number of hydrogen-bond acceptors (Lipinski definition) is 2. The Hall–Kier alpha value is -0.110. The van der Waals surface area contributed by atoms with Crippen molar-refractivity contribution in [3.63, 3.8) is 0 Å². The molecular formula is C2H4OS. The van der Waals surface area contributed by atoms with Crippen LogP contribution in [0.2, 0.25) is 0 Å². The molecule has 2 heteroatoms. The zero-order valence-corrected chi connectivity index (χ0v) is 2.94. The van der Waals surface area contributed by atoms with E-state index >= 15 is 0 Å². The lowest BCUT2D eigenvalue weighted by Gasteiger charge is -1.53. The maximum atomic E-state index is 7.62. The highest BCUT2D eigenvalue weighted by molar-refractivity contribution is 7.83. The predicted molar refractivity (Wildman–Crippen MR) is 20.8 cm³/mol. The highest BCUT2D eigenvalue weighted by Crippen LogP contribution is 1.66. The van der Waals surface area contributed by atoms with Gasteiger partial charge in [-0.25, -0.2) is 0 Å². The summed E-state index contributed by atoms with van der Waals surface area (Å²) in [7, 11) is 0. The average molecular weight is 76.1 g/mol. The maximum Gasteiger partial charge on any atom is 0.0852 e. The first kappa shape index (κ1) is 3.89. The van der Waals surface area contributed by atoms with E-state index < -0.39 is 0 Å². The highest BCUT2D eigenvalue weighted by Gasteiger charge is 1.35. The van der Waals surface area contributed by atoms with Gasteiger partial charge in [0, 0.05) is 5.41 Å². The van der Waals surface area contributed by atoms with Crippen molar-refractivity contribution in [2.75, 3.05) is 0 Å². The summed E-state index contributed by atoms with van der Waals surface area (Å²) in [5.41, 5.74) is 0. The van der Waals surface area contributed by atoms with Gasteiger partial charge in [-0.3, -0.25) is 0 Å². The summed E-state index contributed by atoms with van der Waals surface area (Å²) in [6, 6.07) is 0. The molecule has 24 valence electrons. The molecule has 1 nitrogen and oxygen atoms in total. The van der Waals surface area contributed by atoms with Crippen LogP contribution in [0.25, 0.3) is 0 Å². The standard InChI is InChI=1S/C2H4OS/c3-1-2-4/h1-4H/b2-1+. The lowest BCUT2D eigenvalue weighted by Crippen LogP contribution is -1.32. The molecule has 4 heavy (non-hydrogen) atoms. The minimum Gasteiger partial charge on any atom is -0.515 e. The molecular weight excluding hydrogens is 72.1 g/mol. The number of rotatable bonds is 0. The van der Waals surface area contributed by atoms with Crippen LogP contribution in [0, 0.1) is 0 Å². The van der Waals surface area contributed by atoms with Crippen LogP contribution in [0.3, 0.4) is 0 Å². The van der Waals surface area contributed by atoms with Crippen molar-refractivity contribution in [1.29, 1.82) is 0 Å². The van der Waals surface area contributed by atoms with Gasteiger partial charge in [0.15, 0.2) is 0 Å². The molecule has 0 saturated carbocycles. The molecule has 0 aliphatic carbocycles. The van der Waals surface area contributed by atoms with Crippen LogP contribution in [0.5, 0.6) is 0 Å². The fraction of sp³-hybridized carbons (Fsp3) is 0. The SMILES string of the molecule is O/C=C/S. The van der Waals surface area contributed by atoms with E-state index in [1.54, 1.807) is 0 Å². The molecule has 0 spiro atoms. The van der Waals surface area contributed by atoms with Crippen molar-refractivity contribution >= 4 is 12.6 Å². The summed E-state index contributed by atoms with van der Waals surface area (Å²) < 4.78 is 0. The lowest BCUT2D eigenvalue weighted by molar-refractivity contribution is 0.475. The van der Waals surface area contributed by atoms with Gasteiger partial charge in [-0.05, 0) is 0 Å². The van der Waals surface area contributed by atoms with Crippen LogP contribution in [0.4, 0.5) is 0 Å². The lowest BCUT2D eigenvalue weighted by atomic mass is 11.2. The normalized spacial score (nSPS) is 9.25. The maximum absolute atomic E-state index is 7.62. The molecule has 0 saturated heterocycles. The molecule has 0 aliphatic heterocycles. The topological polar surface area (TPSA) is 20.2 Å². The van der Waals surface area contributed by atoms with Crippen molar-refractivity contribution in [1.82, 2.24) is 0 Å². The minimum atomic E-state index is 0.864. The summed E-state index contributed by atoms with van der Waals surface area (Å²) in [5, 5.41) is 8.87. The smallest absolute Gasteiger partial charge is 0.0852 e. The predicted octanol–water partition coefficient (Wildman–Crippen LogP) is 0.945. The molecule has 0 aromatic carbocycles. The average Bonchev–Trinajstić information content (AvgIpc) is 1.37. The first-order chi connectivity index (χ1) is 1.91. The Labute approximate surface area is 30.4 Å². The van der Waals surface area contributed by atoms with E-state index in [-0.39, 0.29) is 0 Å². The van der Waals surface area contributed by atoms with E-state index in [4.69, 9.17) is 5.11 Å². The Morgan fingerprint density at radius 2 is 2.00 bits per heavy atom. The van der Waals surface area contributed by atoms with E-state index in [0.717, 1.165) is 6.26 Å². The summed E-state index contributed by atoms with van der Waals surface area (Å²) in [6.07, 6.45) is 0.864. The van der Waals surface area contributed by atoms with Crippen molar-refractivity contribution in [3.05, 3.63) is 11.7 Å². The highest BCUT2D eigenvalue weighted by atomic mass is 32.1. The Morgan fingerprint density at radius 3 is 2.00 bits per heavy atom. The van der Waals surface area contributed by atoms with Crippen molar-refractivity contribution in [2.24, 2.45) is 0 Å². The fourth-order valence-corrected chi connectivity index (χ4v) is 0. The number of thiol groups is 1. The molecule has 0 unspecified atom stereocenters. The van der Waals surface area contributed by atoms with Gasteiger partial charge in [-0.2, -0.15) is 0 Å². The molecule has 0 aromatic rings. The molecule has 1 N–H and O–H groups in total. The van der Waals surface area contributed by atoms with E-state index in [9.17, 15) is 0 Å². The molecule has 0 aliphatic rings. The first-order valence-corrected chi connectivity index (χ1v) is 1.37. The monoisotopic (exact) mass is 76.0 g/mol. The Kier molecular flexibility index (Phi) is 2.81.